The number of hydrogen-bond acceptors (Lipinski definition) is 4. The molecule has 2 heterocycles. The summed E-state index contributed by atoms with van der Waals surface area (Å²) in [5, 5.41) is 0.832. The second-order valence-electron chi connectivity index (χ2n) is 6.35. The van der Waals surface area contributed by atoms with E-state index in [1.54, 1.807) is 17.0 Å². The van der Waals surface area contributed by atoms with E-state index in [0.717, 1.165) is 34.8 Å². The summed E-state index contributed by atoms with van der Waals surface area (Å²) in [6.07, 6.45) is 1.50. The highest BCUT2D eigenvalue weighted by Gasteiger charge is 2.21. The van der Waals surface area contributed by atoms with Crippen molar-refractivity contribution in [3.05, 3.63) is 54.1 Å². The number of anilines is 1. The number of amides is 1. The molecule has 0 spiro atoms. The summed E-state index contributed by atoms with van der Waals surface area (Å²) in [7, 11) is 1.96. The molecule has 0 aliphatic carbocycles. The molecular formula is C20H19N3O2S. The number of para-hydroxylation sites is 2. The molecular weight excluding hydrogens is 346 g/mol. The summed E-state index contributed by atoms with van der Waals surface area (Å²) in [5.41, 5.74) is 3.52. The molecule has 1 fully saturated rings. The Bertz CT molecular complexity index is 978. The molecule has 1 aliphatic rings. The number of thioether (sulfide) groups is 1. The van der Waals surface area contributed by atoms with Gasteiger partial charge in [0.05, 0.1) is 16.8 Å². The molecule has 6 heteroatoms. The van der Waals surface area contributed by atoms with E-state index in [4.69, 9.17) is 0 Å². The molecule has 1 amide bonds. The first-order valence-corrected chi connectivity index (χ1v) is 9.60. The molecule has 1 aliphatic heterocycles. The number of Topliss-reactive ketones (excluding diaryl/α,β-unsaturated/α-hetero) is 1. The van der Waals surface area contributed by atoms with Crippen molar-refractivity contribution in [3.8, 4) is 0 Å². The van der Waals surface area contributed by atoms with Crippen molar-refractivity contribution >= 4 is 40.2 Å². The zero-order valence-electron chi connectivity index (χ0n) is 14.5. The van der Waals surface area contributed by atoms with E-state index in [2.05, 4.69) is 4.98 Å². The van der Waals surface area contributed by atoms with Crippen LogP contribution in [-0.2, 0) is 11.8 Å². The van der Waals surface area contributed by atoms with E-state index in [1.807, 2.05) is 48.0 Å². The van der Waals surface area contributed by atoms with Crippen LogP contribution in [0.1, 0.15) is 23.2 Å². The van der Waals surface area contributed by atoms with Crippen LogP contribution in [0.25, 0.3) is 11.0 Å². The monoisotopic (exact) mass is 365 g/mol. The van der Waals surface area contributed by atoms with E-state index in [9.17, 15) is 9.59 Å². The first kappa shape index (κ1) is 16.8. The highest BCUT2D eigenvalue weighted by Crippen LogP contribution is 2.25. The SMILES string of the molecule is Cn1c(SCC(=O)c2ccc(N3CCCC3=O)cc2)nc2ccccc21. The number of fused-ring (bicyclic) bond motifs is 1. The van der Waals surface area contributed by atoms with Gasteiger partial charge in [0.25, 0.3) is 0 Å². The van der Waals surface area contributed by atoms with Gasteiger partial charge >= 0.3 is 0 Å². The van der Waals surface area contributed by atoms with Gasteiger partial charge in [-0.3, -0.25) is 9.59 Å². The number of hydrogen-bond donors (Lipinski definition) is 0. The zero-order chi connectivity index (χ0) is 18.1. The zero-order valence-corrected chi connectivity index (χ0v) is 15.3. The minimum absolute atomic E-state index is 0.0568. The van der Waals surface area contributed by atoms with E-state index >= 15 is 0 Å². The topological polar surface area (TPSA) is 55.2 Å². The molecule has 1 aromatic heterocycles. The molecule has 0 saturated carbocycles. The van der Waals surface area contributed by atoms with Gasteiger partial charge in [-0.1, -0.05) is 23.9 Å². The molecule has 5 nitrogen and oxygen atoms in total. The number of rotatable bonds is 5. The van der Waals surface area contributed by atoms with Crippen LogP contribution in [0.3, 0.4) is 0 Å². The van der Waals surface area contributed by atoms with Crippen molar-refractivity contribution in [2.45, 2.75) is 18.0 Å². The van der Waals surface area contributed by atoms with Gasteiger partial charge < -0.3 is 9.47 Å². The number of ketones is 1. The molecule has 3 aromatic rings. The fraction of sp³-hybridized carbons (Fsp3) is 0.250. The van der Waals surface area contributed by atoms with Gasteiger partial charge in [0.15, 0.2) is 10.9 Å². The van der Waals surface area contributed by atoms with Crippen LogP contribution in [0.4, 0.5) is 5.69 Å². The molecule has 132 valence electrons. The quantitative estimate of drug-likeness (QED) is 0.511. The van der Waals surface area contributed by atoms with Gasteiger partial charge in [-0.05, 0) is 42.8 Å². The summed E-state index contributed by atoms with van der Waals surface area (Å²) in [6.45, 7) is 0.759. The molecule has 0 N–H and O–H groups in total. The highest BCUT2D eigenvalue weighted by atomic mass is 32.2. The Hall–Kier alpha value is -2.60. The Morgan fingerprint density at radius 3 is 2.62 bits per heavy atom. The van der Waals surface area contributed by atoms with Crippen LogP contribution in [0, 0.1) is 0 Å². The molecule has 1 saturated heterocycles. The van der Waals surface area contributed by atoms with Crippen molar-refractivity contribution in [1.82, 2.24) is 9.55 Å². The van der Waals surface area contributed by atoms with Crippen LogP contribution in [0.2, 0.25) is 0 Å². The lowest BCUT2D eigenvalue weighted by Gasteiger charge is -2.15. The van der Waals surface area contributed by atoms with Crippen LogP contribution >= 0.6 is 11.8 Å². The van der Waals surface area contributed by atoms with Crippen LogP contribution in [0.5, 0.6) is 0 Å². The van der Waals surface area contributed by atoms with Crippen LogP contribution < -0.4 is 4.90 Å². The third-order valence-corrected chi connectivity index (χ3v) is 5.68. The maximum absolute atomic E-state index is 12.5. The predicted octanol–water partition coefficient (Wildman–Crippen LogP) is 3.68. The lowest BCUT2D eigenvalue weighted by molar-refractivity contribution is -0.117. The van der Waals surface area contributed by atoms with Crippen molar-refractivity contribution in [3.63, 3.8) is 0 Å². The standard InChI is InChI=1S/C20H19N3O2S/c1-22-17-6-3-2-5-16(17)21-20(22)26-13-18(24)14-8-10-15(11-9-14)23-12-4-7-19(23)25/h2-3,5-6,8-11H,4,7,12-13H2,1H3. The summed E-state index contributed by atoms with van der Waals surface area (Å²) in [4.78, 5) is 30.7. The van der Waals surface area contributed by atoms with Crippen LogP contribution in [-0.4, -0.2) is 33.5 Å². The Balaban J connectivity index is 1.44. The van der Waals surface area contributed by atoms with Gasteiger partial charge in [0, 0.05) is 31.3 Å². The number of benzene rings is 2. The maximum Gasteiger partial charge on any atom is 0.227 e. The van der Waals surface area contributed by atoms with Crippen LogP contribution in [0.15, 0.2) is 53.7 Å². The Morgan fingerprint density at radius 1 is 1.15 bits per heavy atom. The van der Waals surface area contributed by atoms with Gasteiger partial charge in [-0.15, -0.1) is 0 Å². The van der Waals surface area contributed by atoms with E-state index in [1.165, 1.54) is 11.8 Å². The fourth-order valence-corrected chi connectivity index (χ4v) is 4.10. The number of nitrogens with zero attached hydrogens (tertiary/aromatic N) is 3. The molecule has 0 atom stereocenters. The maximum atomic E-state index is 12.5. The second-order valence-corrected chi connectivity index (χ2v) is 7.29. The summed E-state index contributed by atoms with van der Waals surface area (Å²) in [6, 6.07) is 15.3. The number of aryl methyl sites for hydroxylation is 1. The fourth-order valence-electron chi connectivity index (χ4n) is 3.21. The normalized spacial score (nSPS) is 14.3. The third kappa shape index (κ3) is 3.12. The predicted molar refractivity (Wildman–Crippen MR) is 104 cm³/mol. The largest absolute Gasteiger partial charge is 0.322 e. The summed E-state index contributed by atoms with van der Waals surface area (Å²) < 4.78 is 2.01. The lowest BCUT2D eigenvalue weighted by atomic mass is 10.1. The average molecular weight is 365 g/mol. The van der Waals surface area contributed by atoms with Crippen molar-refractivity contribution < 1.29 is 9.59 Å². The number of carbonyl (C=O) groups is 2. The molecule has 26 heavy (non-hydrogen) atoms. The Labute approximate surface area is 156 Å². The molecule has 2 aromatic carbocycles. The minimum atomic E-state index is 0.0568. The number of aromatic nitrogens is 2. The Morgan fingerprint density at radius 2 is 1.92 bits per heavy atom. The average Bonchev–Trinajstić information content (AvgIpc) is 3.23. The van der Waals surface area contributed by atoms with E-state index < -0.39 is 0 Å². The molecule has 4 rings (SSSR count). The van der Waals surface area contributed by atoms with Gasteiger partial charge in [-0.25, -0.2) is 4.98 Å². The first-order valence-electron chi connectivity index (χ1n) is 8.61. The molecule has 0 unspecified atom stereocenters. The molecule has 0 radical (unpaired) electrons. The summed E-state index contributed by atoms with van der Waals surface area (Å²) in [5.74, 6) is 0.543. The van der Waals surface area contributed by atoms with Crippen molar-refractivity contribution in [2.24, 2.45) is 7.05 Å². The molecule has 0 bridgehead atoms. The van der Waals surface area contributed by atoms with Gasteiger partial charge in [0.1, 0.15) is 0 Å². The summed E-state index contributed by atoms with van der Waals surface area (Å²) >= 11 is 1.44. The minimum Gasteiger partial charge on any atom is -0.322 e. The first-order chi connectivity index (χ1) is 12.6. The number of imidazole rings is 1. The Kier molecular flexibility index (Phi) is 4.51. The van der Waals surface area contributed by atoms with Crippen molar-refractivity contribution in [1.29, 1.82) is 0 Å². The van der Waals surface area contributed by atoms with Gasteiger partial charge in [0.2, 0.25) is 5.91 Å². The third-order valence-electron chi connectivity index (χ3n) is 4.65. The lowest BCUT2D eigenvalue weighted by Crippen LogP contribution is -2.23. The van der Waals surface area contributed by atoms with Gasteiger partial charge in [-0.2, -0.15) is 0 Å². The second kappa shape index (κ2) is 6.96. The highest BCUT2D eigenvalue weighted by molar-refractivity contribution is 7.99. The van der Waals surface area contributed by atoms with Crippen molar-refractivity contribution in [2.75, 3.05) is 17.2 Å². The smallest absolute Gasteiger partial charge is 0.227 e. The van der Waals surface area contributed by atoms with E-state index in [-0.39, 0.29) is 11.7 Å². The van der Waals surface area contributed by atoms with E-state index in [0.29, 0.717) is 17.7 Å². The number of carbonyl (C=O) groups excluding carboxylic acids is 2.